The summed E-state index contributed by atoms with van der Waals surface area (Å²) in [5.74, 6) is 0. The molecule has 4 aromatic rings. The molecule has 27 heavy (non-hydrogen) atoms. The topological polar surface area (TPSA) is 0 Å². The van der Waals surface area contributed by atoms with Gasteiger partial charge >= 0.3 is 0 Å². The van der Waals surface area contributed by atoms with Crippen LogP contribution in [0.4, 0.5) is 0 Å². The van der Waals surface area contributed by atoms with Gasteiger partial charge in [-0.25, -0.2) is 0 Å². The van der Waals surface area contributed by atoms with Crippen molar-refractivity contribution in [2.45, 2.75) is 9.79 Å². The first-order valence-corrected chi connectivity index (χ1v) is 9.78. The molecule has 0 N–H and O–H groups in total. The molecule has 0 spiro atoms. The third-order valence-corrected chi connectivity index (χ3v) is 4.81. The van der Waals surface area contributed by atoms with Crippen molar-refractivity contribution in [3.05, 3.63) is 132 Å². The van der Waals surface area contributed by atoms with Crippen LogP contribution < -0.4 is 0 Å². The predicted molar refractivity (Wildman–Crippen MR) is 119 cm³/mol. The monoisotopic (exact) mass is 366 g/mol. The lowest BCUT2D eigenvalue weighted by Gasteiger charge is -1.99. The Kier molecular flexibility index (Phi) is 7.53. The molecule has 0 aliphatic rings. The van der Waals surface area contributed by atoms with Gasteiger partial charge in [-0.3, -0.25) is 0 Å². The summed E-state index contributed by atoms with van der Waals surface area (Å²) in [6.07, 6.45) is 4.24. The van der Waals surface area contributed by atoms with Gasteiger partial charge in [0.2, 0.25) is 0 Å². The van der Waals surface area contributed by atoms with Gasteiger partial charge in [0.1, 0.15) is 0 Å². The first-order valence-electron chi connectivity index (χ1n) is 8.96. The van der Waals surface area contributed by atoms with E-state index in [2.05, 4.69) is 84.9 Å². The molecule has 0 heterocycles. The molecule has 132 valence electrons. The summed E-state index contributed by atoms with van der Waals surface area (Å²) >= 11 is 1.79. The van der Waals surface area contributed by atoms with E-state index in [4.69, 9.17) is 0 Å². The zero-order chi connectivity index (χ0) is 18.6. The maximum Gasteiger partial charge on any atom is 0.0122 e. The van der Waals surface area contributed by atoms with Crippen LogP contribution in [0, 0.1) is 0 Å². The van der Waals surface area contributed by atoms with E-state index >= 15 is 0 Å². The Hall–Kier alpha value is -3.03. The third-order valence-electron chi connectivity index (χ3n) is 3.79. The van der Waals surface area contributed by atoms with Gasteiger partial charge in [0.25, 0.3) is 0 Å². The highest BCUT2D eigenvalue weighted by atomic mass is 32.2. The number of hydrogen-bond donors (Lipinski definition) is 0. The summed E-state index contributed by atoms with van der Waals surface area (Å²) in [5.41, 5.74) is 2.47. The van der Waals surface area contributed by atoms with E-state index in [0.717, 1.165) is 0 Å². The molecule has 0 saturated carbocycles. The SMILES string of the molecule is C(=Cc1ccccc1)c1ccccc1.c1ccc(Sc2ccccc2)cc1. The minimum absolute atomic E-state index is 1.23. The molecule has 0 unspecified atom stereocenters. The quantitative estimate of drug-likeness (QED) is 0.333. The summed E-state index contributed by atoms with van der Waals surface area (Å²) in [5, 5.41) is 0. The van der Waals surface area contributed by atoms with Crippen LogP contribution in [0.5, 0.6) is 0 Å². The molecule has 0 bridgehead atoms. The Labute approximate surface area is 166 Å². The minimum atomic E-state index is 1.23. The van der Waals surface area contributed by atoms with E-state index < -0.39 is 0 Å². The highest BCUT2D eigenvalue weighted by Crippen LogP contribution is 2.26. The highest BCUT2D eigenvalue weighted by Gasteiger charge is 1.93. The molecular weight excluding hydrogens is 344 g/mol. The molecule has 0 radical (unpaired) electrons. The van der Waals surface area contributed by atoms with Gasteiger partial charge in [-0.2, -0.15) is 0 Å². The lowest BCUT2D eigenvalue weighted by Crippen LogP contribution is -1.70. The lowest BCUT2D eigenvalue weighted by atomic mass is 10.1. The second-order valence-electron chi connectivity index (χ2n) is 5.88. The molecule has 0 saturated heterocycles. The summed E-state index contributed by atoms with van der Waals surface area (Å²) in [6, 6.07) is 41.4. The number of hydrogen-bond acceptors (Lipinski definition) is 1. The molecular formula is C26H22S. The lowest BCUT2D eigenvalue weighted by molar-refractivity contribution is 1.41. The summed E-state index contributed by atoms with van der Waals surface area (Å²) in [6.45, 7) is 0. The first-order chi connectivity index (χ1) is 13.4. The van der Waals surface area contributed by atoms with Gasteiger partial charge < -0.3 is 0 Å². The van der Waals surface area contributed by atoms with Gasteiger partial charge in [0, 0.05) is 9.79 Å². The molecule has 0 aliphatic heterocycles. The zero-order valence-electron chi connectivity index (χ0n) is 15.1. The zero-order valence-corrected chi connectivity index (χ0v) is 15.9. The molecule has 4 aromatic carbocycles. The van der Waals surface area contributed by atoms with Crippen LogP contribution in [-0.4, -0.2) is 0 Å². The third kappa shape index (κ3) is 7.01. The summed E-state index contributed by atoms with van der Waals surface area (Å²) in [7, 11) is 0. The van der Waals surface area contributed by atoms with Crippen LogP contribution >= 0.6 is 11.8 Å². The number of rotatable bonds is 4. The normalized spacial score (nSPS) is 10.2. The van der Waals surface area contributed by atoms with Crippen molar-refractivity contribution in [1.82, 2.24) is 0 Å². The molecule has 1 heteroatoms. The largest absolute Gasteiger partial charge is 0.0901 e. The van der Waals surface area contributed by atoms with Gasteiger partial charge in [-0.05, 0) is 35.4 Å². The Morgan fingerprint density at radius 3 is 1.00 bits per heavy atom. The Morgan fingerprint density at radius 2 is 0.667 bits per heavy atom. The maximum atomic E-state index is 2.12. The average molecular weight is 367 g/mol. The second-order valence-corrected chi connectivity index (χ2v) is 7.03. The number of benzene rings is 4. The molecule has 0 atom stereocenters. The molecule has 4 rings (SSSR count). The van der Waals surface area contributed by atoms with Crippen molar-refractivity contribution in [3.8, 4) is 0 Å². The Bertz CT molecular complexity index is 836. The van der Waals surface area contributed by atoms with E-state index in [9.17, 15) is 0 Å². The summed E-state index contributed by atoms with van der Waals surface area (Å²) in [4.78, 5) is 2.57. The van der Waals surface area contributed by atoms with Gasteiger partial charge in [-0.1, -0.05) is 121 Å². The molecule has 0 nitrogen and oxygen atoms in total. The Balaban J connectivity index is 0.000000156. The van der Waals surface area contributed by atoms with Crippen LogP contribution in [0.3, 0.4) is 0 Å². The van der Waals surface area contributed by atoms with Crippen LogP contribution in [0.25, 0.3) is 12.2 Å². The van der Waals surface area contributed by atoms with Crippen molar-refractivity contribution in [2.75, 3.05) is 0 Å². The molecule has 0 aromatic heterocycles. The van der Waals surface area contributed by atoms with Crippen LogP contribution in [0.2, 0.25) is 0 Å². The maximum absolute atomic E-state index is 2.12. The van der Waals surface area contributed by atoms with E-state index in [0.29, 0.717) is 0 Å². The molecule has 0 amide bonds. The fourth-order valence-electron chi connectivity index (χ4n) is 2.43. The fourth-order valence-corrected chi connectivity index (χ4v) is 3.29. The van der Waals surface area contributed by atoms with Crippen molar-refractivity contribution in [2.24, 2.45) is 0 Å². The second kappa shape index (κ2) is 10.8. The predicted octanol–water partition coefficient (Wildman–Crippen LogP) is 7.69. The molecule has 0 fully saturated rings. The van der Waals surface area contributed by atoms with E-state index in [-0.39, 0.29) is 0 Å². The Morgan fingerprint density at radius 1 is 0.370 bits per heavy atom. The van der Waals surface area contributed by atoms with Gasteiger partial charge in [0.15, 0.2) is 0 Å². The van der Waals surface area contributed by atoms with Crippen LogP contribution in [0.15, 0.2) is 131 Å². The van der Waals surface area contributed by atoms with Crippen LogP contribution in [-0.2, 0) is 0 Å². The van der Waals surface area contributed by atoms with Crippen molar-refractivity contribution >= 4 is 23.9 Å². The van der Waals surface area contributed by atoms with E-state index in [1.54, 1.807) is 11.8 Å². The smallest absolute Gasteiger partial charge is 0.0122 e. The highest BCUT2D eigenvalue weighted by molar-refractivity contribution is 7.99. The van der Waals surface area contributed by atoms with Crippen molar-refractivity contribution in [3.63, 3.8) is 0 Å². The minimum Gasteiger partial charge on any atom is -0.0901 e. The van der Waals surface area contributed by atoms with Gasteiger partial charge in [0.05, 0.1) is 0 Å². The standard InChI is InChI=1S/C14H12.C12H10S/c1-3-7-13(8-4-1)11-12-14-9-5-2-6-10-14;1-3-7-11(8-4-1)13-12-9-5-2-6-10-12/h1-12H;1-10H. The van der Waals surface area contributed by atoms with Crippen molar-refractivity contribution in [1.29, 1.82) is 0 Å². The summed E-state index contributed by atoms with van der Waals surface area (Å²) < 4.78 is 0. The van der Waals surface area contributed by atoms with Gasteiger partial charge in [-0.15, -0.1) is 0 Å². The average Bonchev–Trinajstić information content (AvgIpc) is 2.76. The van der Waals surface area contributed by atoms with Crippen LogP contribution in [0.1, 0.15) is 11.1 Å². The van der Waals surface area contributed by atoms with E-state index in [1.807, 2.05) is 48.5 Å². The first kappa shape index (κ1) is 18.8. The van der Waals surface area contributed by atoms with E-state index in [1.165, 1.54) is 20.9 Å². The molecule has 0 aliphatic carbocycles. The fraction of sp³-hybridized carbons (Fsp3) is 0. The van der Waals surface area contributed by atoms with Crippen molar-refractivity contribution < 1.29 is 0 Å².